The smallest absolute Gasteiger partial charge is 0.279 e. The van der Waals surface area contributed by atoms with E-state index in [9.17, 15) is 19.8 Å². The van der Waals surface area contributed by atoms with Crippen molar-refractivity contribution in [3.8, 4) is 22.6 Å². The molecule has 12 nitrogen and oxygen atoms in total. The highest BCUT2D eigenvalue weighted by molar-refractivity contribution is 6.04. The lowest BCUT2D eigenvalue weighted by Crippen LogP contribution is -2.14. The minimum Gasteiger partial charge on any atom is -0.510 e. The lowest BCUT2D eigenvalue weighted by Gasteiger charge is -2.17. The van der Waals surface area contributed by atoms with Gasteiger partial charge in [0.2, 0.25) is 0 Å². The Morgan fingerprint density at radius 1 is 0.615 bits per heavy atom. The van der Waals surface area contributed by atoms with E-state index in [2.05, 4.69) is 31.1 Å². The molecule has 0 saturated carbocycles. The quantitative estimate of drug-likeness (QED) is 0.0546. The summed E-state index contributed by atoms with van der Waals surface area (Å²) in [5, 5.41) is 43.0. The van der Waals surface area contributed by atoms with Gasteiger partial charge in [-0.3, -0.25) is 9.59 Å². The Morgan fingerprint density at radius 3 is 1.31 bits per heavy atom. The molecule has 0 spiro atoms. The fraction of sp³-hybridized carbons (Fsp3) is 0.250. The molecule has 270 valence electrons. The largest absolute Gasteiger partial charge is 0.510 e. The molecule has 4 N–H and O–H groups in total. The van der Waals surface area contributed by atoms with Crippen molar-refractivity contribution in [1.29, 1.82) is 0 Å². The molecule has 12 heteroatoms. The van der Waals surface area contributed by atoms with Gasteiger partial charge in [0, 0.05) is 11.4 Å². The fourth-order valence-corrected chi connectivity index (χ4v) is 4.93. The molecule has 0 unspecified atom stereocenters. The number of aryl methyl sites for hydroxylation is 2. The van der Waals surface area contributed by atoms with Gasteiger partial charge in [-0.1, -0.05) is 50.2 Å². The van der Waals surface area contributed by atoms with E-state index in [1.165, 1.54) is 13.8 Å². The van der Waals surface area contributed by atoms with Crippen LogP contribution in [0.2, 0.25) is 0 Å². The van der Waals surface area contributed by atoms with E-state index in [4.69, 9.17) is 9.47 Å². The van der Waals surface area contributed by atoms with Crippen molar-refractivity contribution in [2.45, 2.75) is 54.4 Å². The number of anilines is 2. The summed E-state index contributed by atoms with van der Waals surface area (Å²) in [7, 11) is 0. The van der Waals surface area contributed by atoms with Gasteiger partial charge >= 0.3 is 0 Å². The third-order valence-corrected chi connectivity index (χ3v) is 7.52. The van der Waals surface area contributed by atoms with Gasteiger partial charge in [0.15, 0.2) is 11.4 Å². The van der Waals surface area contributed by atoms with E-state index in [0.29, 0.717) is 47.5 Å². The lowest BCUT2D eigenvalue weighted by atomic mass is 9.95. The van der Waals surface area contributed by atoms with Crippen molar-refractivity contribution in [2.24, 2.45) is 20.5 Å². The zero-order valence-electron chi connectivity index (χ0n) is 30.2. The third kappa shape index (κ3) is 10.4. The van der Waals surface area contributed by atoms with Crippen LogP contribution in [0.5, 0.6) is 11.5 Å². The molecule has 0 aliphatic heterocycles. The summed E-state index contributed by atoms with van der Waals surface area (Å²) in [6.07, 6.45) is 1.47. The van der Waals surface area contributed by atoms with Gasteiger partial charge in [0.05, 0.1) is 13.2 Å². The summed E-state index contributed by atoms with van der Waals surface area (Å²) in [5.41, 5.74) is 4.69. The normalized spacial score (nSPS) is 12.3. The first kappa shape index (κ1) is 38.5. The number of nitrogens with zero attached hydrogens (tertiary/aromatic N) is 4. The molecule has 0 aliphatic rings. The Hall–Kier alpha value is -6.30. The van der Waals surface area contributed by atoms with Crippen LogP contribution in [-0.4, -0.2) is 35.2 Å². The van der Waals surface area contributed by atoms with Crippen molar-refractivity contribution in [2.75, 3.05) is 23.8 Å². The van der Waals surface area contributed by atoms with Crippen molar-refractivity contribution in [3.05, 3.63) is 119 Å². The monoisotopic (exact) mass is 704 g/mol. The van der Waals surface area contributed by atoms with Gasteiger partial charge in [-0.05, 0) is 111 Å². The number of hydrogen-bond acceptors (Lipinski definition) is 10. The highest BCUT2D eigenvalue weighted by Gasteiger charge is 2.19. The van der Waals surface area contributed by atoms with Crippen LogP contribution in [0.1, 0.15) is 51.7 Å². The molecule has 0 aliphatic carbocycles. The second-order valence-electron chi connectivity index (χ2n) is 11.9. The summed E-state index contributed by atoms with van der Waals surface area (Å²) in [6, 6.07) is 25.0. The second-order valence-corrected chi connectivity index (χ2v) is 11.9. The van der Waals surface area contributed by atoms with Crippen LogP contribution in [0.3, 0.4) is 0 Å². The molecule has 4 rings (SSSR count). The van der Waals surface area contributed by atoms with Crippen LogP contribution in [0, 0.1) is 13.8 Å². The first-order valence-electron chi connectivity index (χ1n) is 16.9. The maximum Gasteiger partial charge on any atom is 0.279 e. The fourth-order valence-electron chi connectivity index (χ4n) is 4.93. The van der Waals surface area contributed by atoms with Crippen molar-refractivity contribution >= 4 is 34.6 Å². The Balaban J connectivity index is 1.71. The van der Waals surface area contributed by atoms with Crippen LogP contribution in [0.4, 0.5) is 22.7 Å². The van der Waals surface area contributed by atoms with Gasteiger partial charge < -0.3 is 30.3 Å². The number of benzene rings is 4. The van der Waals surface area contributed by atoms with E-state index < -0.39 is 11.8 Å². The molecule has 52 heavy (non-hydrogen) atoms. The number of carbonyl (C=O) groups excluding carboxylic acids is 2. The van der Waals surface area contributed by atoms with Gasteiger partial charge in [-0.25, -0.2) is 0 Å². The number of aliphatic hydroxyl groups is 2. The van der Waals surface area contributed by atoms with E-state index >= 15 is 0 Å². The number of para-hydroxylation sites is 2. The van der Waals surface area contributed by atoms with Crippen LogP contribution in [0.25, 0.3) is 11.1 Å². The zero-order chi connectivity index (χ0) is 37.6. The molecule has 2 amide bonds. The predicted molar refractivity (Wildman–Crippen MR) is 203 cm³/mol. The van der Waals surface area contributed by atoms with Crippen LogP contribution in [0.15, 0.2) is 128 Å². The Labute approximate surface area is 303 Å². The first-order chi connectivity index (χ1) is 25.0. The topological polar surface area (TPSA) is 167 Å². The Morgan fingerprint density at radius 2 is 0.981 bits per heavy atom. The molecule has 0 aromatic heterocycles. The minimum absolute atomic E-state index is 0.239. The average molecular weight is 705 g/mol. The number of rotatable bonds is 15. The number of azo groups is 2. The summed E-state index contributed by atoms with van der Waals surface area (Å²) in [6.45, 7) is 11.4. The Bertz CT molecular complexity index is 1850. The maximum absolute atomic E-state index is 13.0. The van der Waals surface area contributed by atoms with E-state index in [0.717, 1.165) is 35.1 Å². The van der Waals surface area contributed by atoms with Crippen LogP contribution < -0.4 is 20.1 Å². The summed E-state index contributed by atoms with van der Waals surface area (Å²) >= 11 is 0. The molecule has 0 saturated heterocycles. The molecule has 0 bridgehead atoms. The summed E-state index contributed by atoms with van der Waals surface area (Å²) < 4.78 is 12.2. The maximum atomic E-state index is 13.0. The standard InChI is InChI=1S/C40H44N6O6/c1-7-19-51-35-23-31(25(3)21-33(35)43-45-37(27(5)47)39(49)41-29-15-11-9-12-16-29)32-24-36(52-20-8-2)34(22-26(32)4)44-46-38(28(6)48)40(50)42-30-17-13-10-14-18-30/h9-18,21-24,47-48H,7-8,19-20H2,1-6H3,(H,41,49)(H,42,50)/b37-27+,38-28+,45-43?,46-44?. The van der Waals surface area contributed by atoms with Crippen molar-refractivity contribution in [3.63, 3.8) is 0 Å². The summed E-state index contributed by atoms with van der Waals surface area (Å²) in [4.78, 5) is 25.9. The molecule has 0 heterocycles. The number of aliphatic hydroxyl groups excluding tert-OH is 2. The number of carbonyl (C=O) groups is 2. The molecule has 4 aromatic carbocycles. The van der Waals surface area contributed by atoms with Gasteiger partial charge in [0.25, 0.3) is 11.8 Å². The minimum atomic E-state index is -0.611. The third-order valence-electron chi connectivity index (χ3n) is 7.52. The van der Waals surface area contributed by atoms with E-state index in [1.807, 2.05) is 52.0 Å². The van der Waals surface area contributed by atoms with Crippen molar-refractivity contribution in [1.82, 2.24) is 0 Å². The van der Waals surface area contributed by atoms with E-state index in [1.54, 1.807) is 60.7 Å². The summed E-state index contributed by atoms with van der Waals surface area (Å²) in [5.74, 6) is -0.936. The molecule has 4 aromatic rings. The lowest BCUT2D eigenvalue weighted by molar-refractivity contribution is -0.113. The van der Waals surface area contributed by atoms with Gasteiger partial charge in [-0.15, -0.1) is 20.5 Å². The number of amides is 2. The molecule has 0 radical (unpaired) electrons. The molecule has 0 fully saturated rings. The number of allylic oxidation sites excluding steroid dienone is 2. The molecular weight excluding hydrogens is 660 g/mol. The molecule has 0 atom stereocenters. The van der Waals surface area contributed by atoms with Crippen LogP contribution in [-0.2, 0) is 9.59 Å². The second kappa shape index (κ2) is 18.6. The highest BCUT2D eigenvalue weighted by Crippen LogP contribution is 2.42. The number of ether oxygens (including phenoxy) is 2. The number of nitrogens with one attached hydrogen (secondary N) is 2. The Kier molecular flexibility index (Phi) is 13.8. The first-order valence-corrected chi connectivity index (χ1v) is 16.9. The van der Waals surface area contributed by atoms with Crippen molar-refractivity contribution < 1.29 is 29.3 Å². The predicted octanol–water partition coefficient (Wildman–Crippen LogP) is 10.6. The van der Waals surface area contributed by atoms with E-state index in [-0.39, 0.29) is 22.9 Å². The van der Waals surface area contributed by atoms with Crippen LogP contribution >= 0.6 is 0 Å². The molecular formula is C40H44N6O6. The highest BCUT2D eigenvalue weighted by atomic mass is 16.5. The number of hydrogen-bond donors (Lipinski definition) is 4. The van der Waals surface area contributed by atoms with Gasteiger partial charge in [0.1, 0.15) is 34.4 Å². The SMILES string of the molecule is CCCOc1cc(-c2cc(OCCC)c(N=N/C(C(=O)Nc3ccccc3)=C(\C)O)cc2C)c(C)cc1N=N/C(C(=O)Nc1ccccc1)=C(\C)O. The van der Waals surface area contributed by atoms with Gasteiger partial charge in [-0.2, -0.15) is 0 Å². The average Bonchev–Trinajstić information content (AvgIpc) is 3.11. The zero-order valence-corrected chi connectivity index (χ0v) is 30.2.